The molecule has 5 N–H and O–H groups in total. The average molecular weight is 570 g/mol. The quantitative estimate of drug-likeness (QED) is 0.0785. The Hall–Kier alpha value is -3.00. The van der Waals surface area contributed by atoms with Gasteiger partial charge in [0.25, 0.3) is 0 Å². The second-order valence-corrected chi connectivity index (χ2v) is 9.48. The van der Waals surface area contributed by atoms with Crippen molar-refractivity contribution >= 4 is 31.3 Å². The van der Waals surface area contributed by atoms with E-state index < -0.39 is 45.2 Å². The van der Waals surface area contributed by atoms with Crippen LogP contribution in [0.4, 0.5) is 5.95 Å². The lowest BCUT2D eigenvalue weighted by molar-refractivity contribution is -0.145. The highest BCUT2D eigenvalue weighted by molar-refractivity contribution is 7.36. The van der Waals surface area contributed by atoms with E-state index in [0.29, 0.717) is 31.4 Å². The van der Waals surface area contributed by atoms with Crippen molar-refractivity contribution in [2.45, 2.75) is 64.0 Å². The number of rotatable bonds is 20. The first-order valence-corrected chi connectivity index (χ1v) is 13.7. The Bertz CT molecular complexity index is 1100. The van der Waals surface area contributed by atoms with E-state index in [9.17, 15) is 19.6 Å². The summed E-state index contributed by atoms with van der Waals surface area (Å²) in [6.45, 7) is 10.2. The molecule has 39 heavy (non-hydrogen) atoms. The predicted molar refractivity (Wildman–Crippen MR) is 144 cm³/mol. The number of aliphatic hydroxyl groups excluding tert-OH is 2. The van der Waals surface area contributed by atoms with Crippen LogP contribution < -0.4 is 15.6 Å². The van der Waals surface area contributed by atoms with Gasteiger partial charge in [0.15, 0.2) is 17.4 Å². The molecule has 0 amide bonds. The molecule has 0 spiro atoms. The fourth-order valence-electron chi connectivity index (χ4n) is 3.23. The molecule has 0 saturated carbocycles. The van der Waals surface area contributed by atoms with Gasteiger partial charge in [-0.3, -0.25) is 9.36 Å². The summed E-state index contributed by atoms with van der Waals surface area (Å²) in [4.78, 5) is 24.6. The van der Waals surface area contributed by atoms with Crippen molar-refractivity contribution in [2.24, 2.45) is 0 Å². The van der Waals surface area contributed by atoms with Crippen molar-refractivity contribution in [3.05, 3.63) is 31.6 Å². The van der Waals surface area contributed by atoms with E-state index in [4.69, 9.17) is 24.5 Å². The number of aromatic nitrogens is 4. The monoisotopic (exact) mass is 569 g/mol. The third-order valence-electron chi connectivity index (χ3n) is 5.35. The number of allylic oxidation sites excluding steroid dienone is 1. The average Bonchev–Trinajstić information content (AvgIpc) is 3.34. The minimum absolute atomic E-state index is 0.0685. The predicted octanol–water partition coefficient (Wildman–Crippen LogP) is 2.17. The molecule has 15 heteroatoms. The summed E-state index contributed by atoms with van der Waals surface area (Å²) in [6.07, 6.45) is 3.92. The Morgan fingerprint density at radius 2 is 2.03 bits per heavy atom. The fraction of sp³-hybridized carbons (Fsp3) is 0.583. The van der Waals surface area contributed by atoms with Gasteiger partial charge in [-0.2, -0.15) is 9.97 Å². The molecule has 0 aliphatic rings. The smallest absolute Gasteiger partial charge is 0.476 e. The molecule has 2 heterocycles. The molecule has 5 unspecified atom stereocenters. The van der Waals surface area contributed by atoms with Crippen LogP contribution in [0.5, 0.6) is 5.88 Å². The Morgan fingerprint density at radius 3 is 2.69 bits per heavy atom. The van der Waals surface area contributed by atoms with Gasteiger partial charge in [-0.1, -0.05) is 24.2 Å². The summed E-state index contributed by atoms with van der Waals surface area (Å²) >= 11 is 0. The zero-order chi connectivity index (χ0) is 28.8. The molecule has 0 aromatic carbocycles. The zero-order valence-corrected chi connectivity index (χ0v) is 23.2. The molecule has 216 valence electrons. The summed E-state index contributed by atoms with van der Waals surface area (Å²) in [5.41, 5.74) is 6.43. The van der Waals surface area contributed by atoms with E-state index >= 15 is 0 Å². The number of unbranched alkanes of at least 4 members (excludes halogenated alkanes) is 1. The van der Waals surface area contributed by atoms with Crippen LogP contribution in [0.15, 0.2) is 31.6 Å². The Labute approximate surface area is 228 Å². The highest BCUT2D eigenvalue weighted by atomic mass is 31.1. The van der Waals surface area contributed by atoms with Crippen molar-refractivity contribution in [3.63, 3.8) is 0 Å². The van der Waals surface area contributed by atoms with Crippen LogP contribution >= 0.6 is 8.18 Å². The van der Waals surface area contributed by atoms with Gasteiger partial charge in [-0.25, -0.2) is 4.98 Å². The first kappa shape index (κ1) is 32.2. The lowest BCUT2D eigenvalue weighted by Gasteiger charge is -2.27. The molecule has 0 saturated heterocycles. The molecule has 2 rings (SSSR count). The highest BCUT2D eigenvalue weighted by Crippen LogP contribution is 2.28. The summed E-state index contributed by atoms with van der Waals surface area (Å²) in [7, 11) is -2.50. The van der Waals surface area contributed by atoms with Crippen LogP contribution in [-0.4, -0.2) is 80.4 Å². The number of hydrogen-bond donors (Lipinski definition) is 4. The molecular weight excluding hydrogens is 531 g/mol. The van der Waals surface area contributed by atoms with E-state index in [0.717, 1.165) is 0 Å². The number of nitrogens with two attached hydrogens (primary N) is 1. The summed E-state index contributed by atoms with van der Waals surface area (Å²) in [5, 5.41) is 23.1. The van der Waals surface area contributed by atoms with Crippen LogP contribution in [0.25, 0.3) is 11.2 Å². The lowest BCUT2D eigenvalue weighted by Crippen LogP contribution is -2.35. The number of nitrogens with zero attached hydrogens (tertiary/aromatic N) is 4. The topological polar surface area (TPSA) is 193 Å². The fourth-order valence-corrected chi connectivity index (χ4v) is 4.03. The van der Waals surface area contributed by atoms with Crippen LogP contribution in [0.3, 0.4) is 0 Å². The van der Waals surface area contributed by atoms with Gasteiger partial charge in [0, 0.05) is 0 Å². The van der Waals surface area contributed by atoms with Gasteiger partial charge in [0.2, 0.25) is 11.8 Å². The molecule has 0 aliphatic carbocycles. The molecule has 2 aromatic heterocycles. The van der Waals surface area contributed by atoms with Crippen LogP contribution in [0.1, 0.15) is 45.8 Å². The van der Waals surface area contributed by atoms with Crippen molar-refractivity contribution < 1.29 is 38.3 Å². The van der Waals surface area contributed by atoms with E-state index in [1.165, 1.54) is 17.8 Å². The number of esters is 1. The van der Waals surface area contributed by atoms with Gasteiger partial charge < -0.3 is 30.2 Å². The standard InChI is InChI=1S/C24H38N6O8P/c1-5-8-10-12-36-23(33)16(4)29-39(34)37-14-17(13-31)38-22(18(32)7-3)30-15-26-19-20(30)27-24(25)28-21(19)35-11-9-6-2/h5-6,15-18,22,31-32H,1-2,7-14H2,3-4H3,(H,29,34)(H2,25,27,28)/q+1. The third kappa shape index (κ3) is 9.92. The molecule has 0 fully saturated rings. The number of carbonyl (C=O) groups excluding carboxylic acids is 1. The molecule has 0 radical (unpaired) electrons. The first-order chi connectivity index (χ1) is 18.7. The van der Waals surface area contributed by atoms with Crippen molar-refractivity contribution in [3.8, 4) is 5.88 Å². The maximum atomic E-state index is 12.4. The molecule has 0 bridgehead atoms. The van der Waals surface area contributed by atoms with Gasteiger partial charge in [-0.15, -0.1) is 17.7 Å². The summed E-state index contributed by atoms with van der Waals surface area (Å²) in [6, 6.07) is -0.883. The Morgan fingerprint density at radius 1 is 1.28 bits per heavy atom. The van der Waals surface area contributed by atoms with E-state index in [2.05, 4.69) is 33.2 Å². The number of ether oxygens (including phenoxy) is 3. The maximum Gasteiger partial charge on any atom is 0.613 e. The van der Waals surface area contributed by atoms with Crippen LogP contribution in [0.2, 0.25) is 0 Å². The molecular formula is C24H38N6O8P+. The van der Waals surface area contributed by atoms with Crippen molar-refractivity contribution in [1.29, 1.82) is 0 Å². The number of fused-ring (bicyclic) bond motifs is 1. The molecule has 0 aliphatic heterocycles. The molecule has 5 atom stereocenters. The molecule has 2 aromatic rings. The van der Waals surface area contributed by atoms with Gasteiger partial charge in [0.05, 0.1) is 32.3 Å². The van der Waals surface area contributed by atoms with E-state index in [1.807, 2.05) is 0 Å². The summed E-state index contributed by atoms with van der Waals surface area (Å²) < 4.78 is 35.8. The lowest BCUT2D eigenvalue weighted by atomic mass is 10.2. The number of carbonyl (C=O) groups is 1. The minimum Gasteiger partial charge on any atom is -0.476 e. The Kier molecular flexibility index (Phi) is 13.9. The second-order valence-electron chi connectivity index (χ2n) is 8.45. The number of nitrogens with one attached hydrogen (secondary N) is 1. The van der Waals surface area contributed by atoms with Gasteiger partial charge in [0.1, 0.15) is 18.8 Å². The summed E-state index contributed by atoms with van der Waals surface area (Å²) in [5.74, 6) is -0.476. The normalized spacial score (nSPS) is 14.8. The van der Waals surface area contributed by atoms with Crippen LogP contribution in [0, 0.1) is 0 Å². The van der Waals surface area contributed by atoms with Gasteiger partial charge in [-0.05, 0) is 37.2 Å². The van der Waals surface area contributed by atoms with Crippen molar-refractivity contribution in [1.82, 2.24) is 24.6 Å². The number of nitrogen functional groups attached to an aromatic ring is 1. The zero-order valence-electron chi connectivity index (χ0n) is 22.3. The van der Waals surface area contributed by atoms with E-state index in [1.54, 1.807) is 19.1 Å². The van der Waals surface area contributed by atoms with Gasteiger partial charge >= 0.3 is 14.1 Å². The number of anilines is 1. The number of hydrogen-bond acceptors (Lipinski definition) is 12. The van der Waals surface area contributed by atoms with E-state index in [-0.39, 0.29) is 37.1 Å². The van der Waals surface area contributed by atoms with Crippen molar-refractivity contribution in [2.75, 3.05) is 32.2 Å². The second kappa shape index (κ2) is 16.9. The number of imidazole rings is 1. The Balaban J connectivity index is 2.08. The largest absolute Gasteiger partial charge is 0.613 e. The minimum atomic E-state index is -2.50. The SMILES string of the molecule is C=CCCCOC(=O)C(C)N[P+](=O)OCC(CO)OC(C(O)CC)n1cnc2c(OCCC=C)nc(N)nc21. The number of aliphatic hydroxyl groups is 2. The highest BCUT2D eigenvalue weighted by Gasteiger charge is 2.32. The molecule has 14 nitrogen and oxygen atoms in total. The maximum absolute atomic E-state index is 12.4. The first-order valence-electron chi connectivity index (χ1n) is 12.6. The van der Waals surface area contributed by atoms with Crippen LogP contribution in [-0.2, 0) is 23.4 Å². The third-order valence-corrected chi connectivity index (χ3v) is 6.33.